The number of pyridine rings is 1. The molecule has 1 atom stereocenters. The molecule has 1 aliphatic heterocycles. The summed E-state index contributed by atoms with van der Waals surface area (Å²) >= 11 is 0. The van der Waals surface area contributed by atoms with Crippen LogP contribution in [-0.4, -0.2) is 61.9 Å². The standard InChI is InChI=1S/C14H24N4O2S/c1-4-6-16-13-5-7-15-10-14(13)21(19,20)18-9-8-17(3)12(2)11-18/h5,7,10,12H,4,6,8-9,11H2,1-3H3,(H,15,16). The van der Waals surface area contributed by atoms with Crippen LogP contribution in [-0.2, 0) is 10.0 Å². The molecular weight excluding hydrogens is 288 g/mol. The molecule has 0 bridgehead atoms. The van der Waals surface area contributed by atoms with Crippen LogP contribution in [0.3, 0.4) is 0 Å². The highest BCUT2D eigenvalue weighted by Crippen LogP contribution is 2.25. The lowest BCUT2D eigenvalue weighted by molar-refractivity contribution is 0.159. The van der Waals surface area contributed by atoms with Crippen molar-refractivity contribution in [2.75, 3.05) is 38.5 Å². The number of hydrogen-bond donors (Lipinski definition) is 1. The Kier molecular flexibility index (Phi) is 5.18. The molecule has 0 spiro atoms. The summed E-state index contributed by atoms with van der Waals surface area (Å²) in [5.74, 6) is 0. The first-order valence-electron chi connectivity index (χ1n) is 7.35. The van der Waals surface area contributed by atoms with E-state index >= 15 is 0 Å². The predicted octanol–water partition coefficient (Wildman–Crippen LogP) is 1.23. The highest BCUT2D eigenvalue weighted by atomic mass is 32.2. The lowest BCUT2D eigenvalue weighted by Crippen LogP contribution is -2.51. The monoisotopic (exact) mass is 312 g/mol. The first-order valence-corrected chi connectivity index (χ1v) is 8.79. The van der Waals surface area contributed by atoms with E-state index in [1.165, 1.54) is 6.20 Å². The molecule has 1 saturated heterocycles. The number of sulfonamides is 1. The molecular formula is C14H24N4O2S. The Morgan fingerprint density at radius 3 is 2.86 bits per heavy atom. The lowest BCUT2D eigenvalue weighted by atomic mass is 10.2. The van der Waals surface area contributed by atoms with Gasteiger partial charge in [-0.05, 0) is 26.5 Å². The molecule has 1 N–H and O–H groups in total. The second-order valence-electron chi connectivity index (χ2n) is 5.49. The summed E-state index contributed by atoms with van der Waals surface area (Å²) < 4.78 is 27.3. The van der Waals surface area contributed by atoms with Crippen LogP contribution in [0.4, 0.5) is 5.69 Å². The van der Waals surface area contributed by atoms with Gasteiger partial charge in [0.1, 0.15) is 4.90 Å². The minimum absolute atomic E-state index is 0.220. The molecule has 1 aromatic rings. The molecule has 0 saturated carbocycles. The number of anilines is 1. The smallest absolute Gasteiger partial charge is 0.246 e. The van der Waals surface area contributed by atoms with Gasteiger partial charge in [0.15, 0.2) is 0 Å². The lowest BCUT2D eigenvalue weighted by Gasteiger charge is -2.37. The molecule has 1 unspecified atom stereocenters. The van der Waals surface area contributed by atoms with Crippen LogP contribution in [0.15, 0.2) is 23.4 Å². The molecule has 118 valence electrons. The van der Waals surface area contributed by atoms with E-state index in [-0.39, 0.29) is 10.9 Å². The summed E-state index contributed by atoms with van der Waals surface area (Å²) in [6.07, 6.45) is 3.99. The molecule has 0 amide bonds. The molecule has 21 heavy (non-hydrogen) atoms. The van der Waals surface area contributed by atoms with Gasteiger partial charge in [0, 0.05) is 44.6 Å². The van der Waals surface area contributed by atoms with E-state index in [0.29, 0.717) is 18.8 Å². The summed E-state index contributed by atoms with van der Waals surface area (Å²) in [5, 5.41) is 3.17. The molecule has 2 heterocycles. The van der Waals surface area contributed by atoms with Crippen molar-refractivity contribution >= 4 is 15.7 Å². The van der Waals surface area contributed by atoms with E-state index in [1.807, 2.05) is 20.9 Å². The summed E-state index contributed by atoms with van der Waals surface area (Å²) in [7, 11) is -1.48. The third-order valence-electron chi connectivity index (χ3n) is 3.89. The van der Waals surface area contributed by atoms with Gasteiger partial charge in [-0.15, -0.1) is 0 Å². The number of likely N-dealkylation sites (N-methyl/N-ethyl adjacent to an activating group) is 1. The van der Waals surface area contributed by atoms with Crippen LogP contribution in [0.5, 0.6) is 0 Å². The third-order valence-corrected chi connectivity index (χ3v) is 5.78. The maximum absolute atomic E-state index is 12.9. The molecule has 0 aliphatic carbocycles. The van der Waals surface area contributed by atoms with Gasteiger partial charge in [-0.3, -0.25) is 4.98 Å². The number of piperazine rings is 1. The second kappa shape index (κ2) is 6.72. The van der Waals surface area contributed by atoms with Gasteiger partial charge in [0.05, 0.1) is 5.69 Å². The fourth-order valence-electron chi connectivity index (χ4n) is 2.36. The van der Waals surface area contributed by atoms with Crippen molar-refractivity contribution in [1.29, 1.82) is 0 Å². The average Bonchev–Trinajstić information content (AvgIpc) is 2.48. The van der Waals surface area contributed by atoms with Gasteiger partial charge in [0.25, 0.3) is 0 Å². The Hall–Kier alpha value is -1.18. The van der Waals surface area contributed by atoms with Crippen molar-refractivity contribution in [3.8, 4) is 0 Å². The van der Waals surface area contributed by atoms with Crippen molar-refractivity contribution in [3.63, 3.8) is 0 Å². The molecule has 6 nitrogen and oxygen atoms in total. The second-order valence-corrected chi connectivity index (χ2v) is 7.40. The van der Waals surface area contributed by atoms with Gasteiger partial charge < -0.3 is 10.2 Å². The van der Waals surface area contributed by atoms with Gasteiger partial charge in [-0.25, -0.2) is 8.42 Å². The molecule has 1 aromatic heterocycles. The fourth-order valence-corrected chi connectivity index (χ4v) is 3.99. The van der Waals surface area contributed by atoms with Crippen LogP contribution in [0.25, 0.3) is 0 Å². The van der Waals surface area contributed by atoms with E-state index in [2.05, 4.69) is 15.2 Å². The number of aromatic nitrogens is 1. The Morgan fingerprint density at radius 2 is 2.19 bits per heavy atom. The van der Waals surface area contributed by atoms with E-state index in [1.54, 1.807) is 16.6 Å². The molecule has 2 rings (SSSR count). The minimum atomic E-state index is -3.50. The first-order chi connectivity index (χ1) is 9.96. The zero-order valence-corrected chi connectivity index (χ0v) is 13.7. The van der Waals surface area contributed by atoms with Crippen molar-refractivity contribution in [1.82, 2.24) is 14.2 Å². The van der Waals surface area contributed by atoms with Crippen LogP contribution in [0.1, 0.15) is 20.3 Å². The quantitative estimate of drug-likeness (QED) is 0.886. The summed E-state index contributed by atoms with van der Waals surface area (Å²) in [6, 6.07) is 1.94. The predicted molar refractivity (Wildman–Crippen MR) is 83.9 cm³/mol. The van der Waals surface area contributed by atoms with E-state index in [0.717, 1.165) is 19.5 Å². The number of rotatable bonds is 5. The topological polar surface area (TPSA) is 65.5 Å². The minimum Gasteiger partial charge on any atom is -0.384 e. The molecule has 1 fully saturated rings. The Morgan fingerprint density at radius 1 is 1.43 bits per heavy atom. The van der Waals surface area contributed by atoms with Crippen LogP contribution < -0.4 is 5.32 Å². The Bertz CT molecular complexity index is 576. The highest BCUT2D eigenvalue weighted by molar-refractivity contribution is 7.89. The largest absolute Gasteiger partial charge is 0.384 e. The maximum Gasteiger partial charge on any atom is 0.246 e. The number of nitrogens with one attached hydrogen (secondary N) is 1. The van der Waals surface area contributed by atoms with Crippen molar-refractivity contribution in [3.05, 3.63) is 18.5 Å². The summed E-state index contributed by atoms with van der Waals surface area (Å²) in [4.78, 5) is 6.44. The maximum atomic E-state index is 12.9. The van der Waals surface area contributed by atoms with Crippen molar-refractivity contribution in [2.24, 2.45) is 0 Å². The number of hydrogen-bond acceptors (Lipinski definition) is 5. The summed E-state index contributed by atoms with van der Waals surface area (Å²) in [6.45, 7) is 6.61. The molecule has 0 radical (unpaired) electrons. The van der Waals surface area contributed by atoms with Crippen LogP contribution in [0, 0.1) is 0 Å². The van der Waals surface area contributed by atoms with Crippen molar-refractivity contribution in [2.45, 2.75) is 31.2 Å². The van der Waals surface area contributed by atoms with Crippen LogP contribution in [0.2, 0.25) is 0 Å². The first kappa shape index (κ1) is 16.2. The zero-order chi connectivity index (χ0) is 15.5. The van der Waals surface area contributed by atoms with Gasteiger partial charge in [-0.1, -0.05) is 6.92 Å². The van der Waals surface area contributed by atoms with Crippen LogP contribution >= 0.6 is 0 Å². The van der Waals surface area contributed by atoms with Gasteiger partial charge in [-0.2, -0.15) is 4.31 Å². The molecule has 7 heteroatoms. The molecule has 1 aliphatic rings. The highest BCUT2D eigenvalue weighted by Gasteiger charge is 2.32. The van der Waals surface area contributed by atoms with Gasteiger partial charge in [0.2, 0.25) is 10.0 Å². The Labute approximate surface area is 127 Å². The number of nitrogens with zero attached hydrogens (tertiary/aromatic N) is 3. The Balaban J connectivity index is 2.27. The zero-order valence-electron chi connectivity index (χ0n) is 12.9. The molecule has 0 aromatic carbocycles. The third kappa shape index (κ3) is 3.53. The van der Waals surface area contributed by atoms with Crippen molar-refractivity contribution < 1.29 is 8.42 Å². The fraction of sp³-hybridized carbons (Fsp3) is 0.643. The van der Waals surface area contributed by atoms with E-state index in [9.17, 15) is 8.42 Å². The normalized spacial score (nSPS) is 21.4. The van der Waals surface area contributed by atoms with E-state index in [4.69, 9.17) is 0 Å². The summed E-state index contributed by atoms with van der Waals surface area (Å²) in [5.41, 5.74) is 0.637. The average molecular weight is 312 g/mol. The van der Waals surface area contributed by atoms with E-state index < -0.39 is 10.0 Å². The van der Waals surface area contributed by atoms with Gasteiger partial charge >= 0.3 is 0 Å². The SMILES string of the molecule is CCCNc1ccncc1S(=O)(=O)N1CCN(C)C(C)C1.